The Morgan fingerprint density at radius 3 is 1.18 bits per heavy atom. The maximum absolute atomic E-state index is 12.6. The second kappa shape index (κ2) is 10.4. The molecule has 0 spiro atoms. The first-order chi connectivity index (χ1) is 18.9. The second-order valence-corrected chi connectivity index (χ2v) is 10.6. The molecule has 6 rings (SSSR count). The lowest BCUT2D eigenvalue weighted by molar-refractivity contribution is -0.138. The number of aromatic nitrogens is 2. The average Bonchev–Trinajstić information content (AvgIpc) is 3.52. The third-order valence-corrected chi connectivity index (χ3v) is 7.83. The molecule has 0 bridgehead atoms. The van der Waals surface area contributed by atoms with Crippen molar-refractivity contribution < 1.29 is 36.6 Å². The van der Waals surface area contributed by atoms with E-state index >= 15 is 0 Å². The molecule has 4 nitrogen and oxygen atoms in total. The van der Waals surface area contributed by atoms with Gasteiger partial charge in [-0.05, 0) is 84.9 Å². The molecule has 0 aliphatic carbocycles. The van der Waals surface area contributed by atoms with Crippen molar-refractivity contribution >= 4 is 43.1 Å². The first-order valence-electron chi connectivity index (χ1n) is 11.4. The maximum Gasteiger partial charge on any atom is 0.416 e. The SMILES string of the molecule is Oc1ccc(-c2nc3cc(C(F)(F)F)ccc3s2)cc1.Oc1ccc(-c2nc3cc(C(F)(F)F)ccc3s2)cc1. The first kappa shape index (κ1) is 27.4. The molecule has 0 aliphatic rings. The van der Waals surface area contributed by atoms with E-state index in [0.717, 1.165) is 35.4 Å². The van der Waals surface area contributed by atoms with E-state index < -0.39 is 23.5 Å². The highest BCUT2D eigenvalue weighted by molar-refractivity contribution is 7.22. The summed E-state index contributed by atoms with van der Waals surface area (Å²) < 4.78 is 77.2. The number of fused-ring (bicyclic) bond motifs is 2. The van der Waals surface area contributed by atoms with Crippen LogP contribution in [0.4, 0.5) is 26.3 Å². The molecule has 40 heavy (non-hydrogen) atoms. The standard InChI is InChI=1S/2C14H8F3NOS/c2*15-14(16,17)9-3-6-12-11(7-9)18-13(20-12)8-1-4-10(19)5-2-8/h2*1-7,19H. The Bertz CT molecular complexity index is 1660. The highest BCUT2D eigenvalue weighted by Crippen LogP contribution is 2.37. The number of thiazole rings is 2. The quantitative estimate of drug-likeness (QED) is 0.197. The number of halogens is 6. The Morgan fingerprint density at radius 1 is 0.500 bits per heavy atom. The van der Waals surface area contributed by atoms with Gasteiger partial charge in [0.2, 0.25) is 0 Å². The zero-order valence-electron chi connectivity index (χ0n) is 20.0. The summed E-state index contributed by atoms with van der Waals surface area (Å²) in [6.07, 6.45) is -8.73. The summed E-state index contributed by atoms with van der Waals surface area (Å²) in [5.41, 5.74) is 0.774. The van der Waals surface area contributed by atoms with Crippen LogP contribution < -0.4 is 0 Å². The number of nitrogens with zero attached hydrogens (tertiary/aromatic N) is 2. The molecule has 6 aromatic rings. The van der Waals surface area contributed by atoms with Gasteiger partial charge in [-0.2, -0.15) is 26.3 Å². The van der Waals surface area contributed by atoms with Crippen molar-refractivity contribution in [3.8, 4) is 32.6 Å². The van der Waals surface area contributed by atoms with Crippen molar-refractivity contribution in [1.82, 2.24) is 9.97 Å². The molecule has 204 valence electrons. The summed E-state index contributed by atoms with van der Waals surface area (Å²) in [5.74, 6) is 0.267. The highest BCUT2D eigenvalue weighted by atomic mass is 32.1. The molecule has 0 radical (unpaired) electrons. The molecule has 0 saturated heterocycles. The molecule has 2 aromatic heterocycles. The molecule has 0 fully saturated rings. The van der Waals surface area contributed by atoms with Crippen molar-refractivity contribution in [3.05, 3.63) is 96.1 Å². The van der Waals surface area contributed by atoms with Gasteiger partial charge in [0, 0.05) is 11.1 Å². The van der Waals surface area contributed by atoms with Gasteiger partial charge >= 0.3 is 12.4 Å². The lowest BCUT2D eigenvalue weighted by Crippen LogP contribution is -2.03. The molecule has 0 aliphatic heterocycles. The van der Waals surface area contributed by atoms with Gasteiger partial charge in [0.25, 0.3) is 0 Å². The van der Waals surface area contributed by atoms with Crippen LogP contribution in [0, 0.1) is 0 Å². The zero-order chi connectivity index (χ0) is 28.7. The fourth-order valence-electron chi connectivity index (χ4n) is 3.66. The van der Waals surface area contributed by atoms with Gasteiger partial charge in [-0.3, -0.25) is 0 Å². The monoisotopic (exact) mass is 590 g/mol. The number of hydrogen-bond acceptors (Lipinski definition) is 6. The van der Waals surface area contributed by atoms with Crippen LogP contribution in [-0.2, 0) is 12.4 Å². The third kappa shape index (κ3) is 6.02. The van der Waals surface area contributed by atoms with Crippen LogP contribution in [0.5, 0.6) is 11.5 Å². The van der Waals surface area contributed by atoms with Gasteiger partial charge in [-0.25, -0.2) is 9.97 Å². The minimum absolute atomic E-state index is 0.134. The molecule has 0 amide bonds. The van der Waals surface area contributed by atoms with Gasteiger partial charge < -0.3 is 10.2 Å². The minimum Gasteiger partial charge on any atom is -0.508 e. The van der Waals surface area contributed by atoms with Crippen LogP contribution in [0.3, 0.4) is 0 Å². The minimum atomic E-state index is -4.36. The molecule has 0 saturated carbocycles. The van der Waals surface area contributed by atoms with Crippen LogP contribution in [-0.4, -0.2) is 20.2 Å². The van der Waals surface area contributed by atoms with E-state index in [4.69, 9.17) is 0 Å². The predicted octanol–water partition coefficient (Wildman–Crippen LogP) is 9.38. The van der Waals surface area contributed by atoms with E-state index in [1.165, 1.54) is 59.1 Å². The van der Waals surface area contributed by atoms with E-state index in [0.29, 0.717) is 30.4 Å². The van der Waals surface area contributed by atoms with Gasteiger partial charge in [-0.15, -0.1) is 22.7 Å². The maximum atomic E-state index is 12.6. The normalized spacial score (nSPS) is 11.9. The van der Waals surface area contributed by atoms with Gasteiger partial charge in [0.1, 0.15) is 21.5 Å². The third-order valence-electron chi connectivity index (χ3n) is 5.66. The van der Waals surface area contributed by atoms with E-state index in [9.17, 15) is 36.6 Å². The molecule has 2 heterocycles. The van der Waals surface area contributed by atoms with E-state index in [1.54, 1.807) is 24.3 Å². The Morgan fingerprint density at radius 2 is 0.850 bits per heavy atom. The number of rotatable bonds is 2. The highest BCUT2D eigenvalue weighted by Gasteiger charge is 2.31. The predicted molar refractivity (Wildman–Crippen MR) is 143 cm³/mol. The summed E-state index contributed by atoms with van der Waals surface area (Å²) in [7, 11) is 0. The number of aromatic hydroxyl groups is 2. The molecule has 12 heteroatoms. The van der Waals surface area contributed by atoms with Gasteiger partial charge in [0.05, 0.1) is 31.6 Å². The fourth-order valence-corrected chi connectivity index (χ4v) is 5.57. The van der Waals surface area contributed by atoms with Crippen LogP contribution >= 0.6 is 22.7 Å². The zero-order valence-corrected chi connectivity index (χ0v) is 21.6. The smallest absolute Gasteiger partial charge is 0.416 e. The van der Waals surface area contributed by atoms with Crippen molar-refractivity contribution in [2.24, 2.45) is 0 Å². The summed E-state index contributed by atoms with van der Waals surface area (Å²) in [6.45, 7) is 0. The Kier molecular flexibility index (Phi) is 7.15. The lowest BCUT2D eigenvalue weighted by atomic mass is 10.2. The topological polar surface area (TPSA) is 66.2 Å². The van der Waals surface area contributed by atoms with Crippen molar-refractivity contribution in [1.29, 1.82) is 0 Å². The Hall–Kier alpha value is -4.16. The van der Waals surface area contributed by atoms with Crippen molar-refractivity contribution in [3.63, 3.8) is 0 Å². The second-order valence-electron chi connectivity index (χ2n) is 8.49. The average molecular weight is 591 g/mol. The number of benzene rings is 4. The largest absolute Gasteiger partial charge is 0.508 e. The first-order valence-corrected chi connectivity index (χ1v) is 13.0. The summed E-state index contributed by atoms with van der Waals surface area (Å²) in [6, 6.07) is 19.9. The Labute approximate surface area is 230 Å². The van der Waals surface area contributed by atoms with E-state index in [2.05, 4.69) is 9.97 Å². The van der Waals surface area contributed by atoms with E-state index in [1.807, 2.05) is 0 Å². The van der Waals surface area contributed by atoms with Crippen LogP contribution in [0.15, 0.2) is 84.9 Å². The molecule has 4 aromatic carbocycles. The van der Waals surface area contributed by atoms with Crippen LogP contribution in [0.25, 0.3) is 41.6 Å². The summed E-state index contributed by atoms with van der Waals surface area (Å²) in [4.78, 5) is 8.45. The van der Waals surface area contributed by atoms with Gasteiger partial charge in [-0.1, -0.05) is 0 Å². The Balaban J connectivity index is 0.000000161. The van der Waals surface area contributed by atoms with Crippen LogP contribution in [0.2, 0.25) is 0 Å². The summed E-state index contributed by atoms with van der Waals surface area (Å²) in [5, 5.41) is 19.7. The number of hydrogen-bond donors (Lipinski definition) is 2. The molecular weight excluding hydrogens is 574 g/mol. The number of alkyl halides is 6. The molecule has 0 atom stereocenters. The van der Waals surface area contributed by atoms with Crippen LogP contribution in [0.1, 0.15) is 11.1 Å². The molecule has 2 N–H and O–H groups in total. The fraction of sp³-hybridized carbons (Fsp3) is 0.0714. The molecule has 0 unspecified atom stereocenters. The van der Waals surface area contributed by atoms with Gasteiger partial charge in [0.15, 0.2) is 0 Å². The number of phenolic OH excluding ortho intramolecular Hbond substituents is 2. The van der Waals surface area contributed by atoms with Crippen molar-refractivity contribution in [2.75, 3.05) is 0 Å². The van der Waals surface area contributed by atoms with Crippen molar-refractivity contribution in [2.45, 2.75) is 12.4 Å². The summed E-state index contributed by atoms with van der Waals surface area (Å²) >= 11 is 2.63. The molecular formula is C28H16F6N2O2S2. The van der Waals surface area contributed by atoms with E-state index in [-0.39, 0.29) is 11.5 Å². The lowest BCUT2D eigenvalue weighted by Gasteiger charge is -2.04. The number of phenols is 2.